The minimum absolute atomic E-state index is 0.111. The van der Waals surface area contributed by atoms with Crippen molar-refractivity contribution < 1.29 is 14.3 Å². The van der Waals surface area contributed by atoms with Gasteiger partial charge in [0.25, 0.3) is 0 Å². The predicted octanol–water partition coefficient (Wildman–Crippen LogP) is 2.84. The second-order valence-corrected chi connectivity index (χ2v) is 5.40. The van der Waals surface area contributed by atoms with E-state index < -0.39 is 5.82 Å². The number of benzene rings is 1. The first-order valence-corrected chi connectivity index (χ1v) is 7.02. The van der Waals surface area contributed by atoms with Crippen molar-refractivity contribution in [1.82, 2.24) is 4.90 Å². The lowest BCUT2D eigenvalue weighted by atomic mass is 9.86. The van der Waals surface area contributed by atoms with Crippen LogP contribution in [0, 0.1) is 11.7 Å². The SMILES string of the molecule is CN(CC1CCCCC1O)C(=O)Nc1ccccc1F. The smallest absolute Gasteiger partial charge is 0.321 e. The number of carbonyl (C=O) groups is 1. The molecular weight excluding hydrogens is 259 g/mol. The Labute approximate surface area is 118 Å². The zero-order valence-electron chi connectivity index (χ0n) is 11.7. The molecule has 0 bridgehead atoms. The van der Waals surface area contributed by atoms with E-state index in [1.54, 1.807) is 19.2 Å². The number of nitrogens with one attached hydrogen (secondary N) is 1. The number of hydrogen-bond acceptors (Lipinski definition) is 2. The fourth-order valence-electron chi connectivity index (χ4n) is 2.61. The van der Waals surface area contributed by atoms with E-state index >= 15 is 0 Å². The summed E-state index contributed by atoms with van der Waals surface area (Å²) in [7, 11) is 1.66. The number of nitrogens with zero attached hydrogens (tertiary/aromatic N) is 1. The summed E-state index contributed by atoms with van der Waals surface area (Å²) in [5.41, 5.74) is 0.175. The molecule has 0 aromatic heterocycles. The molecule has 0 heterocycles. The molecule has 1 aromatic rings. The van der Waals surface area contributed by atoms with Gasteiger partial charge in [0, 0.05) is 19.5 Å². The minimum Gasteiger partial charge on any atom is -0.393 e. The Morgan fingerprint density at radius 1 is 1.40 bits per heavy atom. The lowest BCUT2D eigenvalue weighted by Gasteiger charge is -2.31. The van der Waals surface area contributed by atoms with E-state index in [1.165, 1.54) is 17.0 Å². The van der Waals surface area contributed by atoms with Crippen LogP contribution in [0.3, 0.4) is 0 Å². The summed E-state index contributed by atoms with van der Waals surface area (Å²) in [4.78, 5) is 13.5. The summed E-state index contributed by atoms with van der Waals surface area (Å²) >= 11 is 0. The van der Waals surface area contributed by atoms with Gasteiger partial charge in [-0.2, -0.15) is 0 Å². The Hall–Kier alpha value is -1.62. The van der Waals surface area contributed by atoms with Crippen LogP contribution in [-0.4, -0.2) is 35.7 Å². The summed E-state index contributed by atoms with van der Waals surface area (Å²) < 4.78 is 13.5. The zero-order valence-corrected chi connectivity index (χ0v) is 11.7. The van der Waals surface area contributed by atoms with Gasteiger partial charge in [0.2, 0.25) is 0 Å². The molecule has 0 aliphatic heterocycles. The van der Waals surface area contributed by atoms with E-state index in [-0.39, 0.29) is 23.7 Å². The van der Waals surface area contributed by atoms with Crippen LogP contribution in [-0.2, 0) is 0 Å². The van der Waals surface area contributed by atoms with Gasteiger partial charge in [-0.1, -0.05) is 25.0 Å². The lowest BCUT2D eigenvalue weighted by molar-refractivity contribution is 0.0575. The topological polar surface area (TPSA) is 52.6 Å². The summed E-state index contributed by atoms with van der Waals surface area (Å²) in [5, 5.41) is 12.5. The number of amides is 2. The van der Waals surface area contributed by atoms with Crippen molar-refractivity contribution in [2.45, 2.75) is 31.8 Å². The van der Waals surface area contributed by atoms with Crippen molar-refractivity contribution in [3.05, 3.63) is 30.1 Å². The summed E-state index contributed by atoms with van der Waals surface area (Å²) in [6.07, 6.45) is 3.52. The quantitative estimate of drug-likeness (QED) is 0.894. The highest BCUT2D eigenvalue weighted by Gasteiger charge is 2.25. The van der Waals surface area contributed by atoms with Gasteiger partial charge < -0.3 is 15.3 Å². The number of urea groups is 1. The van der Waals surface area contributed by atoms with Crippen molar-refractivity contribution in [2.24, 2.45) is 5.92 Å². The molecule has 110 valence electrons. The molecule has 20 heavy (non-hydrogen) atoms. The Bertz CT molecular complexity index is 467. The maximum atomic E-state index is 13.5. The van der Waals surface area contributed by atoms with E-state index in [9.17, 15) is 14.3 Å². The largest absolute Gasteiger partial charge is 0.393 e. The van der Waals surface area contributed by atoms with Gasteiger partial charge in [-0.15, -0.1) is 0 Å². The van der Waals surface area contributed by atoms with E-state index in [0.717, 1.165) is 25.7 Å². The summed E-state index contributed by atoms with van der Waals surface area (Å²) in [6.45, 7) is 0.488. The number of hydrogen-bond donors (Lipinski definition) is 2. The first-order valence-electron chi connectivity index (χ1n) is 7.02. The number of aliphatic hydroxyl groups is 1. The molecule has 2 amide bonds. The Kier molecular flexibility index (Phi) is 4.95. The van der Waals surface area contributed by atoms with Gasteiger partial charge >= 0.3 is 6.03 Å². The number of halogens is 1. The molecule has 4 nitrogen and oxygen atoms in total. The van der Waals surface area contributed by atoms with Crippen molar-refractivity contribution in [1.29, 1.82) is 0 Å². The third-order valence-corrected chi connectivity index (χ3v) is 3.84. The third-order valence-electron chi connectivity index (χ3n) is 3.84. The van der Waals surface area contributed by atoms with Crippen LogP contribution in [0.1, 0.15) is 25.7 Å². The maximum Gasteiger partial charge on any atom is 0.321 e. The lowest BCUT2D eigenvalue weighted by Crippen LogP contribution is -2.40. The molecule has 5 heteroatoms. The maximum absolute atomic E-state index is 13.5. The molecule has 0 radical (unpaired) electrons. The van der Waals surface area contributed by atoms with Crippen LogP contribution >= 0.6 is 0 Å². The van der Waals surface area contributed by atoms with E-state index in [1.807, 2.05) is 0 Å². The number of anilines is 1. The summed E-state index contributed by atoms with van der Waals surface area (Å²) in [5.74, 6) is -0.341. The standard InChI is InChI=1S/C15H21FN2O2/c1-18(10-11-6-2-5-9-14(11)19)15(20)17-13-8-4-3-7-12(13)16/h3-4,7-8,11,14,19H,2,5-6,9-10H2,1H3,(H,17,20). The summed E-state index contributed by atoms with van der Waals surface area (Å²) in [6, 6.07) is 5.72. The van der Waals surface area contributed by atoms with Crippen LogP contribution in [0.4, 0.5) is 14.9 Å². The molecule has 1 aliphatic carbocycles. The average molecular weight is 280 g/mol. The van der Waals surface area contributed by atoms with Crippen molar-refractivity contribution in [2.75, 3.05) is 18.9 Å². The second kappa shape index (κ2) is 6.70. The van der Waals surface area contributed by atoms with Crippen molar-refractivity contribution >= 4 is 11.7 Å². The van der Waals surface area contributed by atoms with Gasteiger partial charge in [-0.05, 0) is 25.0 Å². The van der Waals surface area contributed by atoms with Crippen LogP contribution in [0.25, 0.3) is 0 Å². The molecule has 2 atom stereocenters. The molecule has 2 unspecified atom stereocenters. The Morgan fingerprint density at radius 2 is 2.10 bits per heavy atom. The van der Waals surface area contributed by atoms with Gasteiger partial charge in [-0.25, -0.2) is 9.18 Å². The van der Waals surface area contributed by atoms with Crippen LogP contribution in [0.15, 0.2) is 24.3 Å². The highest BCUT2D eigenvalue weighted by molar-refractivity contribution is 5.89. The number of carbonyl (C=O) groups excluding carboxylic acids is 1. The van der Waals surface area contributed by atoms with Gasteiger partial charge in [0.05, 0.1) is 11.8 Å². The Morgan fingerprint density at radius 3 is 2.80 bits per heavy atom. The van der Waals surface area contributed by atoms with Crippen LogP contribution in [0.5, 0.6) is 0 Å². The average Bonchev–Trinajstić information content (AvgIpc) is 2.43. The zero-order chi connectivity index (χ0) is 14.5. The fraction of sp³-hybridized carbons (Fsp3) is 0.533. The van der Waals surface area contributed by atoms with E-state index in [0.29, 0.717) is 6.54 Å². The van der Waals surface area contributed by atoms with Gasteiger partial charge in [0.15, 0.2) is 0 Å². The molecule has 2 rings (SSSR count). The molecule has 1 aliphatic rings. The van der Waals surface area contributed by atoms with Gasteiger partial charge in [0.1, 0.15) is 5.82 Å². The number of rotatable bonds is 3. The monoisotopic (exact) mass is 280 g/mol. The molecule has 0 spiro atoms. The van der Waals surface area contributed by atoms with E-state index in [2.05, 4.69) is 5.32 Å². The van der Waals surface area contributed by atoms with Crippen molar-refractivity contribution in [3.8, 4) is 0 Å². The molecule has 1 saturated carbocycles. The van der Waals surface area contributed by atoms with Crippen LogP contribution < -0.4 is 5.32 Å². The normalized spacial score (nSPS) is 22.4. The number of para-hydroxylation sites is 1. The van der Waals surface area contributed by atoms with Gasteiger partial charge in [-0.3, -0.25) is 0 Å². The highest BCUT2D eigenvalue weighted by atomic mass is 19.1. The van der Waals surface area contributed by atoms with Crippen molar-refractivity contribution in [3.63, 3.8) is 0 Å². The molecule has 2 N–H and O–H groups in total. The first-order chi connectivity index (χ1) is 9.58. The van der Waals surface area contributed by atoms with Crippen LogP contribution in [0.2, 0.25) is 0 Å². The first kappa shape index (κ1) is 14.8. The molecule has 0 saturated heterocycles. The second-order valence-electron chi connectivity index (χ2n) is 5.40. The third kappa shape index (κ3) is 3.70. The number of aliphatic hydroxyl groups excluding tert-OH is 1. The molecular formula is C15H21FN2O2. The Balaban J connectivity index is 1.90. The minimum atomic E-state index is -0.452. The molecule has 1 fully saturated rings. The highest BCUT2D eigenvalue weighted by Crippen LogP contribution is 2.25. The predicted molar refractivity (Wildman–Crippen MR) is 76.0 cm³/mol. The van der Waals surface area contributed by atoms with E-state index in [4.69, 9.17) is 0 Å². The molecule has 1 aromatic carbocycles. The fourth-order valence-corrected chi connectivity index (χ4v) is 2.61.